The molecule has 0 aliphatic heterocycles. The number of hydrogen-bond donors (Lipinski definition) is 2. The zero-order valence-electron chi connectivity index (χ0n) is 13.7. The van der Waals surface area contributed by atoms with E-state index in [1.165, 1.54) is 18.4 Å². The summed E-state index contributed by atoms with van der Waals surface area (Å²) in [7, 11) is 1.50. The number of hydrogen-bond acceptors (Lipinski definition) is 5. The summed E-state index contributed by atoms with van der Waals surface area (Å²) in [6.45, 7) is 0. The summed E-state index contributed by atoms with van der Waals surface area (Å²) in [5.74, 6) is -0.287. The molecule has 2 N–H and O–H groups in total. The summed E-state index contributed by atoms with van der Waals surface area (Å²) >= 11 is 4.66. The zero-order valence-corrected chi connectivity index (χ0v) is 16.1. The smallest absolute Gasteiger partial charge is 0.259 e. The van der Waals surface area contributed by atoms with Gasteiger partial charge in [0.25, 0.3) is 11.8 Å². The van der Waals surface area contributed by atoms with Gasteiger partial charge in [0, 0.05) is 16.0 Å². The largest absolute Gasteiger partial charge is 0.496 e. The van der Waals surface area contributed by atoms with E-state index in [4.69, 9.17) is 4.74 Å². The van der Waals surface area contributed by atoms with Crippen molar-refractivity contribution in [2.75, 3.05) is 17.7 Å². The molecular weight excluding hydrogens is 418 g/mol. The maximum absolute atomic E-state index is 12.7. The number of methoxy groups -OCH3 is 1. The first-order chi connectivity index (χ1) is 12.6. The number of aromatic nitrogens is 1. The summed E-state index contributed by atoms with van der Waals surface area (Å²) in [6, 6.07) is 11.9. The highest BCUT2D eigenvalue weighted by Crippen LogP contribution is 2.25. The molecule has 0 atom stereocenters. The topological polar surface area (TPSA) is 80.3 Å². The highest BCUT2D eigenvalue weighted by molar-refractivity contribution is 9.10. The highest BCUT2D eigenvalue weighted by Gasteiger charge is 2.17. The molecule has 6 nitrogen and oxygen atoms in total. The number of carbonyl (C=O) groups excluding carboxylic acids is 2. The Kier molecular flexibility index (Phi) is 5.65. The predicted octanol–water partition coefficient (Wildman–Crippen LogP) is 4.42. The van der Waals surface area contributed by atoms with Gasteiger partial charge in [0.15, 0.2) is 5.13 Å². The van der Waals surface area contributed by atoms with Crippen molar-refractivity contribution in [1.82, 2.24) is 4.98 Å². The molecule has 0 aliphatic rings. The molecule has 8 heteroatoms. The maximum atomic E-state index is 12.7. The molecule has 0 radical (unpaired) electrons. The van der Waals surface area contributed by atoms with Crippen molar-refractivity contribution < 1.29 is 14.3 Å². The second-order valence-electron chi connectivity index (χ2n) is 5.14. The predicted molar refractivity (Wildman–Crippen MR) is 105 cm³/mol. The number of benzene rings is 2. The van der Waals surface area contributed by atoms with Crippen LogP contribution in [-0.4, -0.2) is 23.9 Å². The first-order valence-electron chi connectivity index (χ1n) is 7.53. The number of amides is 2. The van der Waals surface area contributed by atoms with Gasteiger partial charge in [-0.05, 0) is 30.3 Å². The van der Waals surface area contributed by atoms with Crippen LogP contribution in [0.4, 0.5) is 10.8 Å². The minimum Gasteiger partial charge on any atom is -0.496 e. The fourth-order valence-electron chi connectivity index (χ4n) is 2.29. The molecule has 0 saturated carbocycles. The summed E-state index contributed by atoms with van der Waals surface area (Å²) in [5, 5.41) is 7.74. The SMILES string of the molecule is COc1ccc(Br)cc1C(=O)Nc1ccccc1C(=O)Nc1nccs1. The average Bonchev–Trinajstić information content (AvgIpc) is 3.15. The van der Waals surface area contributed by atoms with Gasteiger partial charge in [-0.1, -0.05) is 28.1 Å². The Morgan fingerprint density at radius 1 is 1.08 bits per heavy atom. The van der Waals surface area contributed by atoms with Gasteiger partial charge < -0.3 is 10.1 Å². The monoisotopic (exact) mass is 431 g/mol. The lowest BCUT2D eigenvalue weighted by molar-refractivity contribution is 0.102. The van der Waals surface area contributed by atoms with Gasteiger partial charge in [-0.25, -0.2) is 4.98 Å². The summed E-state index contributed by atoms with van der Waals surface area (Å²) in [5.41, 5.74) is 1.09. The Labute approximate surface area is 162 Å². The number of nitrogens with one attached hydrogen (secondary N) is 2. The number of thiazole rings is 1. The third-order valence-corrected chi connectivity index (χ3v) is 4.66. The molecule has 26 heavy (non-hydrogen) atoms. The van der Waals surface area contributed by atoms with Gasteiger partial charge in [-0.3, -0.25) is 14.9 Å². The van der Waals surface area contributed by atoms with Crippen molar-refractivity contribution in [3.8, 4) is 5.75 Å². The molecule has 2 amide bonds. The third-order valence-electron chi connectivity index (χ3n) is 3.48. The lowest BCUT2D eigenvalue weighted by Crippen LogP contribution is -2.18. The first kappa shape index (κ1) is 18.1. The van der Waals surface area contributed by atoms with Gasteiger partial charge in [-0.2, -0.15) is 0 Å². The van der Waals surface area contributed by atoms with Crippen LogP contribution in [0.15, 0.2) is 58.5 Å². The van der Waals surface area contributed by atoms with Crippen LogP contribution in [0.25, 0.3) is 0 Å². The van der Waals surface area contributed by atoms with Crippen LogP contribution in [0, 0.1) is 0 Å². The van der Waals surface area contributed by atoms with Crippen molar-refractivity contribution >= 4 is 49.9 Å². The molecule has 0 unspecified atom stereocenters. The molecule has 1 heterocycles. The molecule has 132 valence electrons. The standard InChI is InChI=1S/C18H14BrN3O3S/c1-25-15-7-6-11(19)10-13(15)17(24)21-14-5-3-2-4-12(14)16(23)22-18-20-8-9-26-18/h2-10H,1H3,(H,21,24)(H,20,22,23). The molecule has 2 aromatic carbocycles. The van der Waals surface area contributed by atoms with Crippen LogP contribution >= 0.6 is 27.3 Å². The number of halogens is 1. The molecule has 3 rings (SSSR count). The number of para-hydroxylation sites is 1. The molecule has 1 aromatic heterocycles. The van der Waals surface area contributed by atoms with E-state index in [0.29, 0.717) is 27.7 Å². The van der Waals surface area contributed by atoms with Gasteiger partial charge in [0.05, 0.1) is 23.9 Å². The van der Waals surface area contributed by atoms with Gasteiger partial charge >= 0.3 is 0 Å². The minimum atomic E-state index is -0.377. The number of rotatable bonds is 5. The van der Waals surface area contributed by atoms with E-state index in [0.717, 1.165) is 4.47 Å². The van der Waals surface area contributed by atoms with Crippen molar-refractivity contribution in [2.45, 2.75) is 0 Å². The molecule has 0 aliphatic carbocycles. The Hall–Kier alpha value is -2.71. The summed E-state index contributed by atoms with van der Waals surface area (Å²) in [4.78, 5) is 29.2. The highest BCUT2D eigenvalue weighted by atomic mass is 79.9. The van der Waals surface area contributed by atoms with Crippen LogP contribution in [0.1, 0.15) is 20.7 Å². The third kappa shape index (κ3) is 4.09. The van der Waals surface area contributed by atoms with Gasteiger partial charge in [-0.15, -0.1) is 11.3 Å². The van der Waals surface area contributed by atoms with E-state index in [2.05, 4.69) is 31.5 Å². The normalized spacial score (nSPS) is 10.2. The van der Waals surface area contributed by atoms with Gasteiger partial charge in [0.2, 0.25) is 0 Å². The Balaban J connectivity index is 1.85. The number of ether oxygens (including phenoxy) is 1. The zero-order chi connectivity index (χ0) is 18.5. The van der Waals surface area contributed by atoms with E-state index in [-0.39, 0.29) is 11.8 Å². The maximum Gasteiger partial charge on any atom is 0.259 e. The number of nitrogens with zero attached hydrogens (tertiary/aromatic N) is 1. The van der Waals surface area contributed by atoms with E-state index in [9.17, 15) is 9.59 Å². The van der Waals surface area contributed by atoms with E-state index >= 15 is 0 Å². The lowest BCUT2D eigenvalue weighted by Gasteiger charge is -2.12. The molecule has 0 fully saturated rings. The number of anilines is 2. The minimum absolute atomic E-state index is 0.338. The lowest BCUT2D eigenvalue weighted by atomic mass is 10.1. The van der Waals surface area contributed by atoms with E-state index in [1.807, 2.05) is 0 Å². The second kappa shape index (κ2) is 8.11. The van der Waals surface area contributed by atoms with Crippen LogP contribution in [0.2, 0.25) is 0 Å². The Bertz CT molecular complexity index is 945. The Morgan fingerprint density at radius 2 is 1.85 bits per heavy atom. The Morgan fingerprint density at radius 3 is 2.58 bits per heavy atom. The number of carbonyl (C=O) groups is 2. The van der Waals surface area contributed by atoms with Crippen LogP contribution in [0.3, 0.4) is 0 Å². The molecule has 3 aromatic rings. The fraction of sp³-hybridized carbons (Fsp3) is 0.0556. The first-order valence-corrected chi connectivity index (χ1v) is 9.20. The van der Waals surface area contributed by atoms with Crippen LogP contribution in [-0.2, 0) is 0 Å². The molecule has 0 saturated heterocycles. The molecular formula is C18H14BrN3O3S. The second-order valence-corrected chi connectivity index (χ2v) is 6.95. The van der Waals surface area contributed by atoms with Gasteiger partial charge in [0.1, 0.15) is 5.75 Å². The van der Waals surface area contributed by atoms with Crippen molar-refractivity contribution in [2.24, 2.45) is 0 Å². The fourth-order valence-corrected chi connectivity index (χ4v) is 3.17. The van der Waals surface area contributed by atoms with Crippen molar-refractivity contribution in [1.29, 1.82) is 0 Å². The molecule has 0 bridgehead atoms. The summed E-state index contributed by atoms with van der Waals surface area (Å²) < 4.78 is 5.99. The quantitative estimate of drug-likeness (QED) is 0.626. The van der Waals surface area contributed by atoms with Crippen molar-refractivity contribution in [3.63, 3.8) is 0 Å². The average molecular weight is 432 g/mol. The molecule has 0 spiro atoms. The van der Waals surface area contributed by atoms with Crippen LogP contribution < -0.4 is 15.4 Å². The van der Waals surface area contributed by atoms with E-state index < -0.39 is 0 Å². The summed E-state index contributed by atoms with van der Waals surface area (Å²) in [6.07, 6.45) is 1.60. The van der Waals surface area contributed by atoms with E-state index in [1.54, 1.807) is 54.0 Å². The van der Waals surface area contributed by atoms with Crippen molar-refractivity contribution in [3.05, 3.63) is 69.6 Å². The van der Waals surface area contributed by atoms with Crippen LogP contribution in [0.5, 0.6) is 5.75 Å².